The van der Waals surface area contributed by atoms with Crippen molar-refractivity contribution in [2.75, 3.05) is 0 Å². The number of carbonyl (C=O) groups excluding carboxylic acids is 2. The lowest BCUT2D eigenvalue weighted by molar-refractivity contribution is -0.138. The highest BCUT2D eigenvalue weighted by molar-refractivity contribution is 6.35. The zero-order chi connectivity index (χ0) is 11.9. The Kier molecular flexibility index (Phi) is 2.40. The van der Waals surface area contributed by atoms with Crippen LogP contribution in [0.2, 0.25) is 0 Å². The van der Waals surface area contributed by atoms with Gasteiger partial charge < -0.3 is 5.11 Å². The van der Waals surface area contributed by atoms with Crippen LogP contribution in [-0.2, 0) is 4.79 Å². The van der Waals surface area contributed by atoms with Crippen molar-refractivity contribution in [3.8, 4) is 0 Å². The Morgan fingerprint density at radius 2 is 1.62 bits per heavy atom. The van der Waals surface area contributed by atoms with Gasteiger partial charge in [-0.05, 0) is 12.1 Å². The van der Waals surface area contributed by atoms with Crippen molar-refractivity contribution >= 4 is 29.4 Å². The van der Waals surface area contributed by atoms with Gasteiger partial charge in [-0.3, -0.25) is 9.59 Å². The summed E-state index contributed by atoms with van der Waals surface area (Å²) in [4.78, 5) is 34.6. The molecule has 0 saturated heterocycles. The molecule has 1 N–H and O–H groups in total. The Hall–Kier alpha value is -1.88. The zero-order valence-electron chi connectivity index (χ0n) is 7.88. The van der Waals surface area contributed by atoms with E-state index in [4.69, 9.17) is 16.7 Å². The second-order valence-electron chi connectivity index (χ2n) is 3.20. The molecule has 1 heterocycles. The van der Waals surface area contributed by atoms with Crippen molar-refractivity contribution in [3.63, 3.8) is 0 Å². The number of fused-ring (bicyclic) bond motifs is 1. The molecule has 2 rings (SSSR count). The van der Waals surface area contributed by atoms with Gasteiger partial charge in [0.2, 0.25) is 5.50 Å². The number of imide groups is 1. The number of alkyl halides is 1. The topological polar surface area (TPSA) is 74.7 Å². The summed E-state index contributed by atoms with van der Waals surface area (Å²) in [5, 5.41) is 8.68. The maximum atomic E-state index is 11.7. The fraction of sp³-hybridized carbons (Fsp3) is 0.100. The third-order valence-electron chi connectivity index (χ3n) is 2.26. The van der Waals surface area contributed by atoms with Crippen LogP contribution in [0.25, 0.3) is 0 Å². The molecule has 0 unspecified atom stereocenters. The molecule has 82 valence electrons. The van der Waals surface area contributed by atoms with Gasteiger partial charge in [-0.2, -0.15) is 0 Å². The van der Waals surface area contributed by atoms with Gasteiger partial charge in [0, 0.05) is 0 Å². The molecular weight excluding hydrogens is 234 g/mol. The highest BCUT2D eigenvalue weighted by Gasteiger charge is 2.41. The molecule has 1 aromatic rings. The predicted octanol–water partition coefficient (Wildman–Crippen LogP) is 0.932. The Morgan fingerprint density at radius 1 is 1.19 bits per heavy atom. The maximum Gasteiger partial charge on any atom is 0.342 e. The Morgan fingerprint density at radius 3 is 2.00 bits per heavy atom. The number of carbonyl (C=O) groups is 3. The summed E-state index contributed by atoms with van der Waals surface area (Å²) in [5.74, 6) is -2.79. The largest absolute Gasteiger partial charge is 0.479 e. The summed E-state index contributed by atoms with van der Waals surface area (Å²) in [6, 6.07) is 6.11. The quantitative estimate of drug-likeness (QED) is 0.473. The van der Waals surface area contributed by atoms with Crippen LogP contribution >= 0.6 is 11.6 Å². The molecule has 0 radical (unpaired) electrons. The standard InChI is InChI=1S/C10H6ClNO4/c11-7(10(15)16)12-8(13)5-3-1-2-4-6(5)9(12)14/h1-4,7H,(H,15,16)/t7-/m1/s1. The number of aliphatic carboxylic acids is 1. The molecule has 1 aromatic carbocycles. The lowest BCUT2D eigenvalue weighted by Crippen LogP contribution is -2.41. The molecule has 2 amide bonds. The van der Waals surface area contributed by atoms with Crippen molar-refractivity contribution < 1.29 is 19.5 Å². The van der Waals surface area contributed by atoms with E-state index in [1.807, 2.05) is 0 Å². The Balaban J connectivity index is 2.46. The molecule has 1 aliphatic rings. The first-order valence-corrected chi connectivity index (χ1v) is 4.81. The van der Waals surface area contributed by atoms with Crippen LogP contribution in [0.15, 0.2) is 24.3 Å². The molecule has 0 spiro atoms. The number of carboxylic acid groups (broad SMARTS) is 1. The molecule has 0 aromatic heterocycles. The maximum absolute atomic E-state index is 11.7. The van der Waals surface area contributed by atoms with Gasteiger partial charge in [0.1, 0.15) is 0 Å². The molecule has 5 nitrogen and oxygen atoms in total. The van der Waals surface area contributed by atoms with E-state index in [2.05, 4.69) is 0 Å². The summed E-state index contributed by atoms with van der Waals surface area (Å²) in [5.41, 5.74) is -1.31. The smallest absolute Gasteiger partial charge is 0.342 e. The minimum Gasteiger partial charge on any atom is -0.479 e. The number of rotatable bonds is 2. The number of benzene rings is 1. The average Bonchev–Trinajstić information content (AvgIpc) is 2.52. The Labute approximate surface area is 95.2 Å². The average molecular weight is 240 g/mol. The third kappa shape index (κ3) is 1.37. The summed E-state index contributed by atoms with van der Waals surface area (Å²) in [6.07, 6.45) is 0. The molecule has 1 aliphatic heterocycles. The highest BCUT2D eigenvalue weighted by atomic mass is 35.5. The van der Waals surface area contributed by atoms with Crippen molar-refractivity contribution in [2.45, 2.75) is 5.50 Å². The molecule has 16 heavy (non-hydrogen) atoms. The van der Waals surface area contributed by atoms with E-state index >= 15 is 0 Å². The summed E-state index contributed by atoms with van der Waals surface area (Å²) in [7, 11) is 0. The minimum absolute atomic E-state index is 0.180. The van der Waals surface area contributed by atoms with Crippen LogP contribution in [0.4, 0.5) is 0 Å². The van der Waals surface area contributed by atoms with Gasteiger partial charge in [-0.15, -0.1) is 0 Å². The fourth-order valence-corrected chi connectivity index (χ4v) is 1.70. The highest BCUT2D eigenvalue weighted by Crippen LogP contribution is 2.25. The summed E-state index contributed by atoms with van der Waals surface area (Å²) in [6.45, 7) is 0. The van der Waals surface area contributed by atoms with E-state index in [9.17, 15) is 14.4 Å². The normalized spacial score (nSPS) is 16.2. The first kappa shape index (κ1) is 10.6. The molecular formula is C10H6ClNO4. The van der Waals surface area contributed by atoms with Crippen LogP contribution in [0, 0.1) is 0 Å². The van der Waals surface area contributed by atoms with E-state index < -0.39 is 23.3 Å². The van der Waals surface area contributed by atoms with Crippen LogP contribution < -0.4 is 0 Å². The van der Waals surface area contributed by atoms with Gasteiger partial charge >= 0.3 is 5.97 Å². The molecule has 1 atom stereocenters. The van der Waals surface area contributed by atoms with Gasteiger partial charge in [-0.1, -0.05) is 23.7 Å². The second-order valence-corrected chi connectivity index (χ2v) is 3.61. The van der Waals surface area contributed by atoms with Gasteiger partial charge in [-0.25, -0.2) is 9.69 Å². The zero-order valence-corrected chi connectivity index (χ0v) is 8.64. The Bertz CT molecular complexity index is 464. The number of hydrogen-bond acceptors (Lipinski definition) is 3. The summed E-state index contributed by atoms with van der Waals surface area (Å²) < 4.78 is 0. The molecule has 6 heteroatoms. The number of hydrogen-bond donors (Lipinski definition) is 1. The van der Waals surface area contributed by atoms with Crippen molar-refractivity contribution in [1.29, 1.82) is 0 Å². The van der Waals surface area contributed by atoms with Crippen LogP contribution in [0.3, 0.4) is 0 Å². The SMILES string of the molecule is O=C(O)[C@H](Cl)N1C(=O)c2ccccc2C1=O. The number of amides is 2. The van der Waals surface area contributed by atoms with E-state index in [1.54, 1.807) is 12.1 Å². The molecule has 0 fully saturated rings. The van der Waals surface area contributed by atoms with E-state index in [0.29, 0.717) is 4.90 Å². The number of carboxylic acids is 1. The minimum atomic E-state index is -1.67. The van der Waals surface area contributed by atoms with E-state index in [1.165, 1.54) is 12.1 Å². The molecule has 0 bridgehead atoms. The molecule has 0 saturated carbocycles. The lowest BCUT2D eigenvalue weighted by atomic mass is 10.1. The lowest BCUT2D eigenvalue weighted by Gasteiger charge is -2.15. The summed E-state index contributed by atoms with van der Waals surface area (Å²) >= 11 is 5.49. The van der Waals surface area contributed by atoms with E-state index in [0.717, 1.165) is 0 Å². The van der Waals surface area contributed by atoms with Crippen LogP contribution in [-0.4, -0.2) is 33.3 Å². The van der Waals surface area contributed by atoms with Crippen LogP contribution in [0.5, 0.6) is 0 Å². The van der Waals surface area contributed by atoms with E-state index in [-0.39, 0.29) is 11.1 Å². The fourth-order valence-electron chi connectivity index (χ4n) is 1.52. The number of nitrogens with zero attached hydrogens (tertiary/aromatic N) is 1. The van der Waals surface area contributed by atoms with Gasteiger partial charge in [0.05, 0.1) is 11.1 Å². The molecule has 0 aliphatic carbocycles. The van der Waals surface area contributed by atoms with Crippen molar-refractivity contribution in [3.05, 3.63) is 35.4 Å². The third-order valence-corrected chi connectivity index (χ3v) is 2.64. The predicted molar refractivity (Wildman–Crippen MR) is 54.2 cm³/mol. The first-order valence-electron chi connectivity index (χ1n) is 4.38. The second kappa shape index (κ2) is 3.61. The van der Waals surface area contributed by atoms with Gasteiger partial charge in [0.25, 0.3) is 11.8 Å². The monoisotopic (exact) mass is 239 g/mol. The van der Waals surface area contributed by atoms with Gasteiger partial charge in [0.15, 0.2) is 0 Å². The first-order chi connectivity index (χ1) is 7.54. The van der Waals surface area contributed by atoms with Crippen molar-refractivity contribution in [1.82, 2.24) is 4.90 Å². The number of halogens is 1. The van der Waals surface area contributed by atoms with Crippen molar-refractivity contribution in [2.24, 2.45) is 0 Å². The van der Waals surface area contributed by atoms with Crippen LogP contribution in [0.1, 0.15) is 20.7 Å².